The van der Waals surface area contributed by atoms with Crippen LogP contribution in [0.15, 0.2) is 50.8 Å². The molecule has 2 aromatic heterocycles. The Morgan fingerprint density at radius 2 is 2.05 bits per heavy atom. The van der Waals surface area contributed by atoms with Gasteiger partial charge < -0.3 is 4.52 Å². The fraction of sp³-hybridized carbons (Fsp3) is 0. The summed E-state index contributed by atoms with van der Waals surface area (Å²) in [6, 6.07) is 11.7. The van der Waals surface area contributed by atoms with Gasteiger partial charge in [0.2, 0.25) is 5.82 Å². The summed E-state index contributed by atoms with van der Waals surface area (Å²) in [6.45, 7) is 0. The van der Waals surface area contributed by atoms with E-state index in [9.17, 15) is 0 Å². The summed E-state index contributed by atoms with van der Waals surface area (Å²) >= 11 is 11.2. The number of hydrogen-bond donors (Lipinski definition) is 0. The molecule has 3 aromatic rings. The lowest BCUT2D eigenvalue weighted by Crippen LogP contribution is -1.79. The first-order valence-corrected chi connectivity index (χ1v) is 7.78. The maximum Gasteiger partial charge on any atom is 0.269 e. The van der Waals surface area contributed by atoms with Crippen LogP contribution in [0, 0.1) is 0 Å². The molecule has 0 aliphatic carbocycles. The normalized spacial score (nSPS) is 11.8. The average Bonchev–Trinajstić information content (AvgIpc) is 3.11. The van der Waals surface area contributed by atoms with Gasteiger partial charge in [-0.05, 0) is 35.2 Å². The van der Waals surface area contributed by atoms with Crippen LogP contribution in [0.25, 0.3) is 21.8 Å². The molecule has 0 bridgehead atoms. The van der Waals surface area contributed by atoms with Gasteiger partial charge in [0.25, 0.3) is 5.89 Å². The predicted octanol–water partition coefficient (Wildman–Crippen LogP) is 5.30. The van der Waals surface area contributed by atoms with Gasteiger partial charge in [0.1, 0.15) is 5.03 Å². The third-order valence-electron chi connectivity index (χ3n) is 2.54. The van der Waals surface area contributed by atoms with Crippen LogP contribution in [0.1, 0.15) is 11.5 Å². The SMILES string of the molecule is Cl/C(=C/c1ccc(Br)cc1)c1nc(-c2cccs2)no1. The molecule has 0 radical (unpaired) electrons. The lowest BCUT2D eigenvalue weighted by Gasteiger charge is -1.94. The first kappa shape index (κ1) is 13.5. The van der Waals surface area contributed by atoms with Crippen molar-refractivity contribution in [2.75, 3.05) is 0 Å². The molecule has 3 rings (SSSR count). The minimum atomic E-state index is 0.318. The van der Waals surface area contributed by atoms with Crippen LogP contribution in [0.4, 0.5) is 0 Å². The first-order chi connectivity index (χ1) is 9.72. The zero-order valence-electron chi connectivity index (χ0n) is 10.1. The smallest absolute Gasteiger partial charge is 0.269 e. The molecule has 2 heterocycles. The van der Waals surface area contributed by atoms with Crippen molar-refractivity contribution < 1.29 is 4.52 Å². The monoisotopic (exact) mass is 366 g/mol. The Bertz CT molecular complexity index is 735. The second-order valence-electron chi connectivity index (χ2n) is 3.94. The van der Waals surface area contributed by atoms with E-state index in [0.29, 0.717) is 16.7 Å². The van der Waals surface area contributed by atoms with Gasteiger partial charge in [0.05, 0.1) is 4.88 Å². The fourth-order valence-corrected chi connectivity index (χ4v) is 2.71. The summed E-state index contributed by atoms with van der Waals surface area (Å²) in [4.78, 5) is 5.24. The van der Waals surface area contributed by atoms with Crippen molar-refractivity contribution >= 4 is 50.0 Å². The highest BCUT2D eigenvalue weighted by molar-refractivity contribution is 9.10. The van der Waals surface area contributed by atoms with Crippen molar-refractivity contribution in [2.45, 2.75) is 0 Å². The van der Waals surface area contributed by atoms with Crippen molar-refractivity contribution in [1.29, 1.82) is 0 Å². The van der Waals surface area contributed by atoms with Gasteiger partial charge in [-0.2, -0.15) is 4.98 Å². The zero-order chi connectivity index (χ0) is 13.9. The summed E-state index contributed by atoms with van der Waals surface area (Å²) in [6.07, 6.45) is 1.79. The van der Waals surface area contributed by atoms with E-state index in [-0.39, 0.29) is 0 Å². The molecule has 20 heavy (non-hydrogen) atoms. The van der Waals surface area contributed by atoms with Crippen molar-refractivity contribution in [3.8, 4) is 10.7 Å². The Morgan fingerprint density at radius 3 is 2.75 bits per heavy atom. The van der Waals surface area contributed by atoms with Crippen LogP contribution in [-0.2, 0) is 0 Å². The number of aromatic nitrogens is 2. The van der Waals surface area contributed by atoms with Gasteiger partial charge in [-0.1, -0.05) is 50.9 Å². The van der Waals surface area contributed by atoms with Gasteiger partial charge in [0, 0.05) is 4.47 Å². The lowest BCUT2D eigenvalue weighted by molar-refractivity contribution is 0.410. The Kier molecular flexibility index (Phi) is 4.00. The number of thiophene rings is 1. The molecule has 100 valence electrons. The second kappa shape index (κ2) is 5.91. The van der Waals surface area contributed by atoms with E-state index in [0.717, 1.165) is 14.9 Å². The Hall–Kier alpha value is -1.43. The van der Waals surface area contributed by atoms with E-state index in [1.54, 1.807) is 17.4 Å². The molecule has 0 spiro atoms. The summed E-state index contributed by atoms with van der Waals surface area (Å²) in [7, 11) is 0. The number of nitrogens with zero attached hydrogens (tertiary/aromatic N) is 2. The average molecular weight is 368 g/mol. The molecule has 0 saturated heterocycles. The molecule has 6 heteroatoms. The molecular weight excluding hydrogens is 360 g/mol. The molecule has 0 N–H and O–H groups in total. The Morgan fingerprint density at radius 1 is 1.25 bits per heavy atom. The quantitative estimate of drug-likeness (QED) is 0.630. The molecule has 3 nitrogen and oxygen atoms in total. The molecule has 0 aliphatic rings. The Balaban J connectivity index is 1.87. The van der Waals surface area contributed by atoms with Crippen LogP contribution in [0.3, 0.4) is 0 Å². The van der Waals surface area contributed by atoms with Gasteiger partial charge >= 0.3 is 0 Å². The zero-order valence-corrected chi connectivity index (χ0v) is 13.2. The summed E-state index contributed by atoms with van der Waals surface area (Å²) in [5, 5.41) is 6.31. The van der Waals surface area contributed by atoms with E-state index in [4.69, 9.17) is 16.1 Å². The van der Waals surface area contributed by atoms with E-state index in [1.165, 1.54) is 0 Å². The second-order valence-corrected chi connectivity index (χ2v) is 6.21. The third kappa shape index (κ3) is 3.00. The van der Waals surface area contributed by atoms with Crippen molar-refractivity contribution in [3.05, 3.63) is 57.7 Å². The van der Waals surface area contributed by atoms with Crippen LogP contribution < -0.4 is 0 Å². The summed E-state index contributed by atoms with van der Waals surface area (Å²) < 4.78 is 6.20. The first-order valence-electron chi connectivity index (χ1n) is 5.73. The molecule has 0 fully saturated rings. The fourth-order valence-electron chi connectivity index (χ4n) is 1.59. The molecule has 0 unspecified atom stereocenters. The van der Waals surface area contributed by atoms with Gasteiger partial charge in [-0.3, -0.25) is 0 Å². The maximum absolute atomic E-state index is 6.21. The van der Waals surface area contributed by atoms with Crippen LogP contribution in [-0.4, -0.2) is 10.1 Å². The number of halogens is 2. The van der Waals surface area contributed by atoms with E-state index >= 15 is 0 Å². The van der Waals surface area contributed by atoms with Crippen LogP contribution in [0.2, 0.25) is 0 Å². The summed E-state index contributed by atoms with van der Waals surface area (Å²) in [5.74, 6) is 0.871. The highest BCUT2D eigenvalue weighted by atomic mass is 79.9. The van der Waals surface area contributed by atoms with Gasteiger partial charge in [-0.15, -0.1) is 11.3 Å². The minimum absolute atomic E-state index is 0.318. The van der Waals surface area contributed by atoms with Crippen molar-refractivity contribution in [1.82, 2.24) is 10.1 Å². The molecule has 0 amide bonds. The van der Waals surface area contributed by atoms with Crippen molar-refractivity contribution in [2.24, 2.45) is 0 Å². The highest BCUT2D eigenvalue weighted by Crippen LogP contribution is 2.26. The number of hydrogen-bond acceptors (Lipinski definition) is 4. The predicted molar refractivity (Wildman–Crippen MR) is 85.5 cm³/mol. The topological polar surface area (TPSA) is 38.9 Å². The standard InChI is InChI=1S/C14H8BrClN2OS/c15-10-5-3-9(4-6-10)8-11(16)14-17-13(18-19-14)12-2-1-7-20-12/h1-8H/b11-8+. The van der Waals surface area contributed by atoms with Gasteiger partial charge in [-0.25, -0.2) is 0 Å². The van der Waals surface area contributed by atoms with Crippen LogP contribution >= 0.6 is 38.9 Å². The van der Waals surface area contributed by atoms with E-state index in [1.807, 2.05) is 41.8 Å². The van der Waals surface area contributed by atoms with Crippen LogP contribution in [0.5, 0.6) is 0 Å². The molecule has 0 saturated carbocycles. The Labute approximate surface area is 133 Å². The largest absolute Gasteiger partial charge is 0.333 e. The van der Waals surface area contributed by atoms with E-state index in [2.05, 4.69) is 26.1 Å². The maximum atomic E-state index is 6.21. The van der Waals surface area contributed by atoms with Crippen molar-refractivity contribution in [3.63, 3.8) is 0 Å². The number of rotatable bonds is 3. The lowest BCUT2D eigenvalue weighted by atomic mass is 10.2. The molecular formula is C14H8BrClN2OS. The van der Waals surface area contributed by atoms with Gasteiger partial charge in [0.15, 0.2) is 0 Å². The highest BCUT2D eigenvalue weighted by Gasteiger charge is 2.11. The molecule has 0 atom stereocenters. The summed E-state index contributed by atoms with van der Waals surface area (Å²) in [5.41, 5.74) is 0.967. The molecule has 1 aromatic carbocycles. The minimum Gasteiger partial charge on any atom is -0.333 e. The molecule has 0 aliphatic heterocycles. The third-order valence-corrected chi connectivity index (χ3v) is 4.20. The van der Waals surface area contributed by atoms with E-state index < -0.39 is 0 Å². The number of benzene rings is 1.